The third-order valence-electron chi connectivity index (χ3n) is 2.60. The molecule has 0 bridgehead atoms. The Kier molecular flexibility index (Phi) is 3.92. The molecule has 0 N–H and O–H groups in total. The maximum Gasteiger partial charge on any atom is 0.416 e. The second kappa shape index (κ2) is 5.48. The van der Waals surface area contributed by atoms with Gasteiger partial charge in [-0.3, -0.25) is 0 Å². The highest BCUT2D eigenvalue weighted by Gasteiger charge is 2.30. The van der Waals surface area contributed by atoms with Crippen LogP contribution in [0.3, 0.4) is 0 Å². The smallest absolute Gasteiger partial charge is 0.416 e. The Morgan fingerprint density at radius 2 is 1.75 bits per heavy atom. The van der Waals surface area contributed by atoms with E-state index in [0.29, 0.717) is 23.9 Å². The lowest BCUT2D eigenvalue weighted by Gasteiger charge is -2.09. The van der Waals surface area contributed by atoms with E-state index < -0.39 is 11.7 Å². The fraction of sp³-hybridized carbons (Fsp3) is 0.286. The van der Waals surface area contributed by atoms with Crippen molar-refractivity contribution in [1.29, 1.82) is 0 Å². The molecule has 0 unspecified atom stereocenters. The van der Waals surface area contributed by atoms with Crippen LogP contribution in [0.5, 0.6) is 11.6 Å². The van der Waals surface area contributed by atoms with Crippen LogP contribution in [0.25, 0.3) is 0 Å². The largest absolute Gasteiger partial charge is 0.439 e. The molecule has 0 fully saturated rings. The molecule has 2 aromatic rings. The molecular formula is C14H13F3N2O. The highest BCUT2D eigenvalue weighted by atomic mass is 19.4. The minimum atomic E-state index is -4.35. The Balaban J connectivity index is 2.20. The number of aryl methyl sites for hydroxylation is 2. The Morgan fingerprint density at radius 1 is 1.10 bits per heavy atom. The molecule has 20 heavy (non-hydrogen) atoms. The van der Waals surface area contributed by atoms with E-state index >= 15 is 0 Å². The molecule has 0 radical (unpaired) electrons. The number of rotatable bonds is 3. The third-order valence-corrected chi connectivity index (χ3v) is 2.60. The first-order chi connectivity index (χ1) is 9.38. The number of hydrogen-bond donors (Lipinski definition) is 0. The predicted molar refractivity (Wildman–Crippen MR) is 67.7 cm³/mol. The number of alkyl halides is 3. The minimum Gasteiger partial charge on any atom is -0.439 e. The molecule has 0 amide bonds. The summed E-state index contributed by atoms with van der Waals surface area (Å²) >= 11 is 0. The Bertz CT molecular complexity index is 594. The van der Waals surface area contributed by atoms with Crippen molar-refractivity contribution in [3.63, 3.8) is 0 Å². The van der Waals surface area contributed by atoms with Gasteiger partial charge in [-0.2, -0.15) is 18.2 Å². The molecule has 106 valence electrons. The third kappa shape index (κ3) is 3.46. The van der Waals surface area contributed by atoms with Gasteiger partial charge in [0.1, 0.15) is 11.6 Å². The van der Waals surface area contributed by atoms with E-state index in [2.05, 4.69) is 9.97 Å². The highest BCUT2D eigenvalue weighted by molar-refractivity contribution is 5.32. The van der Waals surface area contributed by atoms with Crippen molar-refractivity contribution in [2.45, 2.75) is 26.4 Å². The summed E-state index contributed by atoms with van der Waals surface area (Å²) in [4.78, 5) is 8.36. The van der Waals surface area contributed by atoms with Gasteiger partial charge < -0.3 is 4.74 Å². The van der Waals surface area contributed by atoms with Crippen LogP contribution in [0, 0.1) is 6.92 Å². The van der Waals surface area contributed by atoms with E-state index in [-0.39, 0.29) is 0 Å². The molecule has 6 heteroatoms. The van der Waals surface area contributed by atoms with Crippen LogP contribution >= 0.6 is 0 Å². The van der Waals surface area contributed by atoms with Crippen molar-refractivity contribution in [2.75, 3.05) is 0 Å². The number of nitrogens with zero attached hydrogens (tertiary/aromatic N) is 2. The summed E-state index contributed by atoms with van der Waals surface area (Å²) in [6.07, 6.45) is -3.69. The molecular weight excluding hydrogens is 269 g/mol. The van der Waals surface area contributed by atoms with Gasteiger partial charge in [-0.1, -0.05) is 6.92 Å². The molecule has 0 saturated carbocycles. The van der Waals surface area contributed by atoms with E-state index in [1.54, 1.807) is 13.0 Å². The molecule has 0 saturated heterocycles. The van der Waals surface area contributed by atoms with Crippen molar-refractivity contribution in [3.05, 3.63) is 47.4 Å². The van der Waals surface area contributed by atoms with E-state index in [9.17, 15) is 13.2 Å². The second-order valence-corrected chi connectivity index (χ2v) is 4.24. The van der Waals surface area contributed by atoms with Crippen molar-refractivity contribution < 1.29 is 17.9 Å². The van der Waals surface area contributed by atoms with Gasteiger partial charge in [-0.15, -0.1) is 0 Å². The van der Waals surface area contributed by atoms with Crippen LogP contribution in [0.4, 0.5) is 13.2 Å². The van der Waals surface area contributed by atoms with E-state index in [0.717, 1.165) is 17.8 Å². The summed E-state index contributed by atoms with van der Waals surface area (Å²) in [5.41, 5.74) is 0.0386. The first-order valence-electron chi connectivity index (χ1n) is 6.08. The Morgan fingerprint density at radius 3 is 2.30 bits per heavy atom. The number of aromatic nitrogens is 2. The quantitative estimate of drug-likeness (QED) is 0.848. The van der Waals surface area contributed by atoms with Crippen molar-refractivity contribution >= 4 is 0 Å². The van der Waals surface area contributed by atoms with Gasteiger partial charge in [-0.25, -0.2) is 4.98 Å². The van der Waals surface area contributed by atoms with Crippen molar-refractivity contribution in [3.8, 4) is 11.6 Å². The lowest BCUT2D eigenvalue weighted by Crippen LogP contribution is -2.04. The minimum absolute atomic E-state index is 0.304. The first kappa shape index (κ1) is 14.3. The Hall–Kier alpha value is -2.11. The molecule has 1 aromatic carbocycles. The van der Waals surface area contributed by atoms with Crippen molar-refractivity contribution in [2.24, 2.45) is 0 Å². The fourth-order valence-electron chi connectivity index (χ4n) is 1.64. The molecule has 1 aromatic heterocycles. The molecule has 3 nitrogen and oxygen atoms in total. The summed E-state index contributed by atoms with van der Waals surface area (Å²) in [6.45, 7) is 3.72. The maximum atomic E-state index is 12.4. The van der Waals surface area contributed by atoms with Crippen LogP contribution in [-0.4, -0.2) is 9.97 Å². The molecule has 0 aliphatic rings. The molecule has 0 aliphatic carbocycles. The zero-order valence-electron chi connectivity index (χ0n) is 11.0. The van der Waals surface area contributed by atoms with Crippen LogP contribution < -0.4 is 4.74 Å². The summed E-state index contributed by atoms with van der Waals surface area (Å²) in [6, 6.07) is 6.13. The topological polar surface area (TPSA) is 35.0 Å². The molecule has 0 atom stereocenters. The number of ether oxygens (including phenoxy) is 1. The number of benzene rings is 1. The number of halogens is 3. The lowest BCUT2D eigenvalue weighted by atomic mass is 10.2. The SMILES string of the molecule is CCc1nc(C)cc(Oc2ccc(C(F)(F)F)cc2)n1. The molecule has 0 aliphatic heterocycles. The normalized spacial score (nSPS) is 11.4. The van der Waals surface area contributed by atoms with Crippen LogP contribution in [-0.2, 0) is 12.6 Å². The number of hydrogen-bond acceptors (Lipinski definition) is 3. The average molecular weight is 282 g/mol. The summed E-state index contributed by atoms with van der Waals surface area (Å²) in [5.74, 6) is 1.26. The fourth-order valence-corrected chi connectivity index (χ4v) is 1.64. The van der Waals surface area contributed by atoms with Gasteiger partial charge in [0, 0.05) is 18.2 Å². The monoisotopic (exact) mass is 282 g/mol. The summed E-state index contributed by atoms with van der Waals surface area (Å²) < 4.78 is 42.8. The van der Waals surface area contributed by atoms with Crippen LogP contribution in [0.1, 0.15) is 24.0 Å². The van der Waals surface area contributed by atoms with E-state index in [1.165, 1.54) is 12.1 Å². The second-order valence-electron chi connectivity index (χ2n) is 4.24. The maximum absolute atomic E-state index is 12.4. The predicted octanol–water partition coefficient (Wildman–Crippen LogP) is 4.16. The van der Waals surface area contributed by atoms with Gasteiger partial charge >= 0.3 is 6.18 Å². The summed E-state index contributed by atoms with van der Waals surface area (Å²) in [5, 5.41) is 0. The molecule has 2 rings (SSSR count). The lowest BCUT2D eigenvalue weighted by molar-refractivity contribution is -0.137. The van der Waals surface area contributed by atoms with E-state index in [4.69, 9.17) is 4.74 Å². The highest BCUT2D eigenvalue weighted by Crippen LogP contribution is 2.31. The zero-order valence-corrected chi connectivity index (χ0v) is 11.0. The molecule has 1 heterocycles. The van der Waals surface area contributed by atoms with Gasteiger partial charge in [0.05, 0.1) is 5.56 Å². The van der Waals surface area contributed by atoms with E-state index in [1.807, 2.05) is 6.92 Å². The zero-order chi connectivity index (χ0) is 14.8. The standard InChI is InChI=1S/C14H13F3N2O/c1-3-12-18-9(2)8-13(19-12)20-11-6-4-10(5-7-11)14(15,16)17/h4-8H,3H2,1-2H3. The first-order valence-corrected chi connectivity index (χ1v) is 6.08. The average Bonchev–Trinajstić information content (AvgIpc) is 2.37. The van der Waals surface area contributed by atoms with Gasteiger partial charge in [0.15, 0.2) is 0 Å². The van der Waals surface area contributed by atoms with Gasteiger partial charge in [0.25, 0.3) is 0 Å². The summed E-state index contributed by atoms with van der Waals surface area (Å²) in [7, 11) is 0. The van der Waals surface area contributed by atoms with Gasteiger partial charge in [-0.05, 0) is 31.2 Å². The Labute approximate surface area is 114 Å². The van der Waals surface area contributed by atoms with Gasteiger partial charge in [0.2, 0.25) is 5.88 Å². The van der Waals surface area contributed by atoms with Crippen molar-refractivity contribution in [1.82, 2.24) is 9.97 Å². The molecule has 0 spiro atoms. The van der Waals surface area contributed by atoms with Crippen LogP contribution in [0.2, 0.25) is 0 Å². The van der Waals surface area contributed by atoms with Crippen LogP contribution in [0.15, 0.2) is 30.3 Å².